The number of benzene rings is 2. The number of hydrogen-bond acceptors (Lipinski definition) is 5. The fourth-order valence-electron chi connectivity index (χ4n) is 3.49. The Balaban J connectivity index is 1.84. The lowest BCUT2D eigenvalue weighted by Crippen LogP contribution is -2.28. The van der Waals surface area contributed by atoms with E-state index in [0.717, 1.165) is 0 Å². The maximum absolute atomic E-state index is 13.2. The highest BCUT2D eigenvalue weighted by Gasteiger charge is 2.66. The van der Waals surface area contributed by atoms with Gasteiger partial charge in [-0.25, -0.2) is 4.79 Å². The Kier molecular flexibility index (Phi) is 7.62. The molecule has 1 saturated carbocycles. The highest BCUT2D eigenvalue weighted by atomic mass is 79.9. The summed E-state index contributed by atoms with van der Waals surface area (Å²) < 4.78 is 17.3. The van der Waals surface area contributed by atoms with Crippen LogP contribution < -0.4 is 4.74 Å². The zero-order valence-corrected chi connectivity index (χ0v) is 21.2. The quantitative estimate of drug-likeness (QED) is 0.251. The van der Waals surface area contributed by atoms with E-state index in [1.165, 1.54) is 6.26 Å². The largest absolute Gasteiger partial charge is 0.457 e. The van der Waals surface area contributed by atoms with Crippen molar-refractivity contribution in [3.63, 3.8) is 0 Å². The SMILES string of the molecule is CC=COC(=O)C(OC(=O)C1(C=C(Br)Br)CC1(C)C)c1ccc(Oc2ccccc2)cc1. The first kappa shape index (κ1) is 24.3. The van der Waals surface area contributed by atoms with Crippen LogP contribution >= 0.6 is 31.9 Å². The van der Waals surface area contributed by atoms with Crippen LogP contribution in [-0.2, 0) is 19.1 Å². The number of para-hydroxylation sites is 1. The first-order valence-corrected chi connectivity index (χ1v) is 11.7. The van der Waals surface area contributed by atoms with E-state index in [-0.39, 0.29) is 5.41 Å². The minimum atomic E-state index is -1.21. The van der Waals surface area contributed by atoms with Crippen LogP contribution in [0.2, 0.25) is 0 Å². The second-order valence-corrected chi connectivity index (χ2v) is 10.9. The monoisotopic (exact) mass is 562 g/mol. The molecule has 3 rings (SSSR count). The van der Waals surface area contributed by atoms with Gasteiger partial charge in [0.15, 0.2) is 0 Å². The van der Waals surface area contributed by atoms with E-state index in [2.05, 4.69) is 31.9 Å². The zero-order valence-electron chi connectivity index (χ0n) is 18.0. The van der Waals surface area contributed by atoms with Gasteiger partial charge < -0.3 is 14.2 Å². The lowest BCUT2D eigenvalue weighted by Gasteiger charge is -2.21. The van der Waals surface area contributed by atoms with Gasteiger partial charge in [-0.2, -0.15) is 0 Å². The minimum absolute atomic E-state index is 0.290. The van der Waals surface area contributed by atoms with Gasteiger partial charge in [0.1, 0.15) is 11.5 Å². The van der Waals surface area contributed by atoms with Crippen molar-refractivity contribution in [3.8, 4) is 11.5 Å². The van der Waals surface area contributed by atoms with E-state index in [0.29, 0.717) is 26.9 Å². The number of allylic oxidation sites excluding steroid dienone is 1. The number of ether oxygens (including phenoxy) is 3. The van der Waals surface area contributed by atoms with Crippen LogP contribution in [0.3, 0.4) is 0 Å². The number of carbonyl (C=O) groups excluding carboxylic acids is 2. The molecule has 2 unspecified atom stereocenters. The van der Waals surface area contributed by atoms with E-state index in [1.54, 1.807) is 43.3 Å². The van der Waals surface area contributed by atoms with Gasteiger partial charge >= 0.3 is 11.9 Å². The molecule has 1 aliphatic rings. The molecular formula is C25H24Br2O5. The summed E-state index contributed by atoms with van der Waals surface area (Å²) in [6.45, 7) is 5.69. The molecule has 0 amide bonds. The van der Waals surface area contributed by atoms with Crippen LogP contribution in [0.5, 0.6) is 11.5 Å². The van der Waals surface area contributed by atoms with Gasteiger partial charge in [0.2, 0.25) is 6.10 Å². The van der Waals surface area contributed by atoms with Gasteiger partial charge in [-0.05, 0) is 81.0 Å². The maximum atomic E-state index is 13.2. The Hall–Kier alpha value is -2.38. The van der Waals surface area contributed by atoms with Gasteiger partial charge in [-0.1, -0.05) is 50.3 Å². The molecule has 32 heavy (non-hydrogen) atoms. The van der Waals surface area contributed by atoms with Gasteiger partial charge in [0.05, 0.1) is 15.1 Å². The summed E-state index contributed by atoms with van der Waals surface area (Å²) in [5.74, 6) is 0.133. The average Bonchev–Trinajstić information content (AvgIpc) is 3.32. The van der Waals surface area contributed by atoms with Gasteiger partial charge in [-0.15, -0.1) is 0 Å². The molecule has 2 aromatic rings. The summed E-state index contributed by atoms with van der Waals surface area (Å²) in [4.78, 5) is 25.9. The van der Waals surface area contributed by atoms with Crippen LogP contribution in [-0.4, -0.2) is 11.9 Å². The third kappa shape index (κ3) is 5.51. The number of halogens is 2. The third-order valence-electron chi connectivity index (χ3n) is 5.44. The average molecular weight is 564 g/mol. The van der Waals surface area contributed by atoms with Gasteiger partial charge in [0.25, 0.3) is 0 Å². The Bertz CT molecular complexity index is 1020. The Morgan fingerprint density at radius 3 is 2.12 bits per heavy atom. The van der Waals surface area contributed by atoms with Crippen molar-refractivity contribution in [3.05, 3.63) is 82.0 Å². The summed E-state index contributed by atoms with van der Waals surface area (Å²) >= 11 is 6.67. The molecule has 0 radical (unpaired) electrons. The number of carbonyl (C=O) groups is 2. The minimum Gasteiger partial charge on any atom is -0.457 e. The fraction of sp³-hybridized carbons (Fsp3) is 0.280. The lowest BCUT2D eigenvalue weighted by molar-refractivity contribution is -0.168. The summed E-state index contributed by atoms with van der Waals surface area (Å²) in [6, 6.07) is 16.2. The molecule has 0 heterocycles. The molecule has 0 spiro atoms. The molecule has 168 valence electrons. The zero-order chi connectivity index (χ0) is 23.4. The van der Waals surface area contributed by atoms with E-state index in [9.17, 15) is 9.59 Å². The standard InChI is InChI=1S/C25H24Br2O5/c1-4-14-30-22(28)21(32-23(29)25(15-20(26)27)16-24(25,2)3)17-10-12-19(13-11-17)31-18-8-6-5-7-9-18/h4-15,21H,16H2,1-3H3. The highest BCUT2D eigenvalue weighted by molar-refractivity contribution is 9.28. The predicted molar refractivity (Wildman–Crippen MR) is 129 cm³/mol. The number of esters is 2. The van der Waals surface area contributed by atoms with Crippen LogP contribution in [0.25, 0.3) is 0 Å². The Morgan fingerprint density at radius 2 is 1.59 bits per heavy atom. The van der Waals surface area contributed by atoms with Crippen molar-refractivity contribution in [2.75, 3.05) is 0 Å². The second-order valence-electron chi connectivity index (χ2n) is 8.14. The maximum Gasteiger partial charge on any atom is 0.357 e. The molecule has 0 aromatic heterocycles. The van der Waals surface area contributed by atoms with Crippen molar-refractivity contribution in [2.24, 2.45) is 10.8 Å². The second kappa shape index (κ2) is 10.0. The first-order chi connectivity index (χ1) is 15.2. The summed E-state index contributed by atoms with van der Waals surface area (Å²) in [5, 5.41) is 0. The number of hydrogen-bond donors (Lipinski definition) is 0. The normalized spacial score (nSPS) is 19.7. The van der Waals surface area contributed by atoms with E-state index >= 15 is 0 Å². The lowest BCUT2D eigenvalue weighted by atomic mass is 9.96. The van der Waals surface area contributed by atoms with Crippen LogP contribution in [0.1, 0.15) is 38.9 Å². The van der Waals surface area contributed by atoms with Crippen molar-refractivity contribution in [1.82, 2.24) is 0 Å². The molecule has 5 nitrogen and oxygen atoms in total. The van der Waals surface area contributed by atoms with Crippen molar-refractivity contribution >= 4 is 43.8 Å². The van der Waals surface area contributed by atoms with Crippen molar-refractivity contribution in [2.45, 2.75) is 33.3 Å². The first-order valence-electron chi connectivity index (χ1n) is 10.1. The van der Waals surface area contributed by atoms with Crippen molar-refractivity contribution < 1.29 is 23.8 Å². The molecule has 0 bridgehead atoms. The smallest absolute Gasteiger partial charge is 0.357 e. The molecule has 1 aliphatic carbocycles. The summed E-state index contributed by atoms with van der Waals surface area (Å²) in [5.41, 5.74) is -0.629. The van der Waals surface area contributed by atoms with Gasteiger partial charge in [0, 0.05) is 5.56 Å². The topological polar surface area (TPSA) is 61.8 Å². The predicted octanol–water partition coefficient (Wildman–Crippen LogP) is 7.19. The number of rotatable bonds is 8. The van der Waals surface area contributed by atoms with Crippen LogP contribution in [0.15, 0.2) is 76.4 Å². The molecule has 1 fully saturated rings. The molecule has 0 aliphatic heterocycles. The Labute approximate surface area is 204 Å². The Morgan fingerprint density at radius 1 is 1.00 bits per heavy atom. The fourth-order valence-corrected chi connectivity index (χ4v) is 4.27. The highest BCUT2D eigenvalue weighted by Crippen LogP contribution is 2.66. The molecular weight excluding hydrogens is 540 g/mol. The molecule has 0 N–H and O–H groups in total. The van der Waals surface area contributed by atoms with Crippen LogP contribution in [0.4, 0.5) is 0 Å². The summed E-state index contributed by atoms with van der Waals surface area (Å²) in [7, 11) is 0. The molecule has 0 saturated heterocycles. The van der Waals surface area contributed by atoms with Gasteiger partial charge in [-0.3, -0.25) is 4.79 Å². The third-order valence-corrected chi connectivity index (χ3v) is 5.90. The summed E-state index contributed by atoms with van der Waals surface area (Å²) in [6.07, 6.45) is 4.03. The van der Waals surface area contributed by atoms with E-state index in [4.69, 9.17) is 14.2 Å². The van der Waals surface area contributed by atoms with E-state index in [1.807, 2.05) is 44.2 Å². The van der Waals surface area contributed by atoms with E-state index < -0.39 is 23.5 Å². The van der Waals surface area contributed by atoms with Crippen LogP contribution in [0, 0.1) is 10.8 Å². The molecule has 7 heteroatoms. The molecule has 2 atom stereocenters. The van der Waals surface area contributed by atoms with Crippen molar-refractivity contribution in [1.29, 1.82) is 0 Å². The molecule has 2 aromatic carbocycles.